The maximum atomic E-state index is 9.07. The molecule has 60 valence electrons. The second-order valence-electron chi connectivity index (χ2n) is 2.47. The molecule has 0 aromatic heterocycles. The fourth-order valence-corrected chi connectivity index (χ4v) is 0.717. The van der Waals surface area contributed by atoms with Crippen LogP contribution >= 0.6 is 0 Å². The van der Waals surface area contributed by atoms with Gasteiger partial charge in [-0.2, -0.15) is 0 Å². The van der Waals surface area contributed by atoms with Gasteiger partial charge >= 0.3 is 0 Å². The topological polar surface area (TPSA) is 20.2 Å². The van der Waals surface area contributed by atoms with Crippen molar-refractivity contribution in [2.75, 3.05) is 0 Å². The zero-order valence-electron chi connectivity index (χ0n) is 7.15. The van der Waals surface area contributed by atoms with Crippen molar-refractivity contribution in [1.82, 2.24) is 0 Å². The van der Waals surface area contributed by atoms with Gasteiger partial charge in [-0.3, -0.25) is 0 Å². The molecule has 0 spiro atoms. The Balaban J connectivity index is 4.99. The Morgan fingerprint density at radius 2 is 1.73 bits per heavy atom. The van der Waals surface area contributed by atoms with Crippen LogP contribution < -0.4 is 0 Å². The summed E-state index contributed by atoms with van der Waals surface area (Å²) in [4.78, 5) is 0. The van der Waals surface area contributed by atoms with Gasteiger partial charge in [-0.05, 0) is 19.4 Å². The molecule has 0 aromatic rings. The molecule has 1 N–H and O–H groups in total. The van der Waals surface area contributed by atoms with E-state index in [1.807, 2.05) is 13.8 Å². The van der Waals surface area contributed by atoms with Crippen molar-refractivity contribution >= 4 is 0 Å². The molecule has 0 radical (unpaired) electrons. The van der Waals surface area contributed by atoms with Gasteiger partial charge in [-0.15, -0.1) is 0 Å². The van der Waals surface area contributed by atoms with Crippen LogP contribution in [0.25, 0.3) is 0 Å². The zero-order chi connectivity index (χ0) is 9.02. The lowest BCUT2D eigenvalue weighted by atomic mass is 10.0. The average molecular weight is 150 g/mol. The Morgan fingerprint density at radius 1 is 1.27 bits per heavy atom. The lowest BCUT2D eigenvalue weighted by molar-refractivity contribution is 0.428. The molecular weight excluding hydrogens is 136 g/mol. The molecule has 11 heavy (non-hydrogen) atoms. The van der Waals surface area contributed by atoms with Gasteiger partial charge in [0, 0.05) is 5.57 Å². The van der Waals surface area contributed by atoms with Crippen LogP contribution in [0.3, 0.4) is 0 Å². The Hall–Kier alpha value is -1.24. The van der Waals surface area contributed by atoms with E-state index in [4.69, 9.17) is 5.11 Å². The smallest absolute Gasteiger partial charge is 0.115 e. The molecule has 0 heterocycles. The Kier molecular flexibility index (Phi) is 3.38. The summed E-state index contributed by atoms with van der Waals surface area (Å²) in [6.45, 7) is 14.5. The van der Waals surface area contributed by atoms with Crippen molar-refractivity contribution in [3.05, 3.63) is 48.3 Å². The highest BCUT2D eigenvalue weighted by atomic mass is 16.3. The van der Waals surface area contributed by atoms with Crippen LogP contribution in [0.2, 0.25) is 0 Å². The third-order valence-corrected chi connectivity index (χ3v) is 1.56. The fourth-order valence-electron chi connectivity index (χ4n) is 0.717. The number of aliphatic hydroxyl groups excluding tert-OH is 1. The first-order chi connectivity index (χ1) is 5.00. The molecule has 0 saturated heterocycles. The van der Waals surface area contributed by atoms with E-state index in [-0.39, 0.29) is 5.76 Å². The molecule has 0 bridgehead atoms. The molecule has 0 saturated carbocycles. The van der Waals surface area contributed by atoms with Crippen LogP contribution in [0.15, 0.2) is 48.3 Å². The highest BCUT2D eigenvalue weighted by molar-refractivity contribution is 5.43. The molecule has 0 rings (SSSR count). The summed E-state index contributed by atoms with van der Waals surface area (Å²) >= 11 is 0. The van der Waals surface area contributed by atoms with Gasteiger partial charge in [-0.25, -0.2) is 0 Å². The van der Waals surface area contributed by atoms with E-state index in [0.717, 1.165) is 11.1 Å². The second kappa shape index (κ2) is 3.81. The second-order valence-corrected chi connectivity index (χ2v) is 2.47. The van der Waals surface area contributed by atoms with E-state index in [1.165, 1.54) is 0 Å². The minimum Gasteiger partial charge on any atom is -0.508 e. The first kappa shape index (κ1) is 9.76. The van der Waals surface area contributed by atoms with Crippen molar-refractivity contribution in [1.29, 1.82) is 0 Å². The van der Waals surface area contributed by atoms with E-state index in [2.05, 4.69) is 19.7 Å². The minimum atomic E-state index is 0.0421. The molecule has 0 aliphatic carbocycles. The third kappa shape index (κ3) is 2.46. The zero-order valence-corrected chi connectivity index (χ0v) is 7.15. The number of rotatable bonds is 3. The largest absolute Gasteiger partial charge is 0.508 e. The standard InChI is InChI=1S/C10H14O/c1-6-10(9(5)11)8(4)7(2)3/h6,11H,1-2,5H2,3-4H3/b10-8-. The minimum absolute atomic E-state index is 0.0421. The van der Waals surface area contributed by atoms with Gasteiger partial charge < -0.3 is 5.11 Å². The van der Waals surface area contributed by atoms with Crippen LogP contribution in [0.4, 0.5) is 0 Å². The molecule has 0 fully saturated rings. The Morgan fingerprint density at radius 3 is 1.82 bits per heavy atom. The van der Waals surface area contributed by atoms with Gasteiger partial charge in [0.2, 0.25) is 0 Å². The van der Waals surface area contributed by atoms with Crippen molar-refractivity contribution in [2.24, 2.45) is 0 Å². The van der Waals surface area contributed by atoms with Crippen molar-refractivity contribution in [3.8, 4) is 0 Å². The maximum Gasteiger partial charge on any atom is 0.115 e. The summed E-state index contributed by atoms with van der Waals surface area (Å²) in [6, 6.07) is 0. The van der Waals surface area contributed by atoms with Crippen LogP contribution in [-0.2, 0) is 0 Å². The van der Waals surface area contributed by atoms with Gasteiger partial charge in [0.05, 0.1) is 0 Å². The first-order valence-electron chi connectivity index (χ1n) is 3.38. The highest BCUT2D eigenvalue weighted by Gasteiger charge is 2.01. The van der Waals surface area contributed by atoms with E-state index in [0.29, 0.717) is 5.57 Å². The number of hydrogen-bond donors (Lipinski definition) is 1. The van der Waals surface area contributed by atoms with Crippen molar-refractivity contribution < 1.29 is 5.11 Å². The molecule has 0 unspecified atom stereocenters. The van der Waals surface area contributed by atoms with Crippen LogP contribution in [0, 0.1) is 0 Å². The number of allylic oxidation sites excluding steroid dienone is 3. The van der Waals surface area contributed by atoms with Gasteiger partial charge in [0.15, 0.2) is 0 Å². The molecule has 0 aliphatic rings. The number of hydrogen-bond acceptors (Lipinski definition) is 1. The van der Waals surface area contributed by atoms with E-state index in [1.54, 1.807) is 6.08 Å². The molecule has 0 amide bonds. The first-order valence-corrected chi connectivity index (χ1v) is 3.38. The lowest BCUT2D eigenvalue weighted by Crippen LogP contribution is -1.89. The van der Waals surface area contributed by atoms with E-state index >= 15 is 0 Å². The monoisotopic (exact) mass is 150 g/mol. The van der Waals surface area contributed by atoms with E-state index in [9.17, 15) is 0 Å². The molecular formula is C10H14O. The summed E-state index contributed by atoms with van der Waals surface area (Å²) in [5.41, 5.74) is 2.50. The third-order valence-electron chi connectivity index (χ3n) is 1.56. The predicted molar refractivity (Wildman–Crippen MR) is 49.5 cm³/mol. The summed E-state index contributed by atoms with van der Waals surface area (Å²) in [5, 5.41) is 9.07. The summed E-state index contributed by atoms with van der Waals surface area (Å²) in [6.07, 6.45) is 1.58. The average Bonchev–Trinajstić information content (AvgIpc) is 1.88. The lowest BCUT2D eigenvalue weighted by Gasteiger charge is -2.05. The molecule has 1 heteroatoms. The Labute approximate surface area is 68.1 Å². The van der Waals surface area contributed by atoms with Gasteiger partial charge in [0.1, 0.15) is 5.76 Å². The summed E-state index contributed by atoms with van der Waals surface area (Å²) in [5.74, 6) is 0.0421. The number of aliphatic hydroxyl groups is 1. The van der Waals surface area contributed by atoms with Gasteiger partial charge in [-0.1, -0.05) is 31.4 Å². The predicted octanol–water partition coefficient (Wildman–Crippen LogP) is 3.14. The van der Waals surface area contributed by atoms with Gasteiger partial charge in [0.25, 0.3) is 0 Å². The van der Waals surface area contributed by atoms with E-state index < -0.39 is 0 Å². The fraction of sp³-hybridized carbons (Fsp3) is 0.200. The van der Waals surface area contributed by atoms with Crippen molar-refractivity contribution in [3.63, 3.8) is 0 Å². The molecule has 0 aliphatic heterocycles. The van der Waals surface area contributed by atoms with Crippen molar-refractivity contribution in [2.45, 2.75) is 13.8 Å². The Bertz CT molecular complexity index is 231. The maximum absolute atomic E-state index is 9.07. The summed E-state index contributed by atoms with van der Waals surface area (Å²) < 4.78 is 0. The normalized spacial score (nSPS) is 11.8. The molecule has 1 nitrogen and oxygen atoms in total. The summed E-state index contributed by atoms with van der Waals surface area (Å²) in [7, 11) is 0. The molecule has 0 atom stereocenters. The van der Waals surface area contributed by atoms with Crippen LogP contribution in [0.5, 0.6) is 0 Å². The SMILES string of the molecule is C=C/C(C(=C)O)=C(\C)C(=C)C. The highest BCUT2D eigenvalue weighted by Crippen LogP contribution is 2.17. The quantitative estimate of drug-likeness (QED) is 0.484. The molecule has 0 aromatic carbocycles. The van der Waals surface area contributed by atoms with Crippen LogP contribution in [0.1, 0.15) is 13.8 Å². The van der Waals surface area contributed by atoms with Crippen LogP contribution in [-0.4, -0.2) is 5.11 Å².